The van der Waals surface area contributed by atoms with Gasteiger partial charge in [-0.3, -0.25) is 4.90 Å². The van der Waals surface area contributed by atoms with E-state index in [9.17, 15) is 0 Å². The summed E-state index contributed by atoms with van der Waals surface area (Å²) in [6.07, 6.45) is 5.63. The number of nitrogens with one attached hydrogen (secondary N) is 1. The molecule has 0 aromatic rings. The van der Waals surface area contributed by atoms with Gasteiger partial charge in [-0.15, -0.1) is 0 Å². The van der Waals surface area contributed by atoms with Crippen molar-refractivity contribution in [2.24, 2.45) is 0 Å². The van der Waals surface area contributed by atoms with Crippen molar-refractivity contribution in [2.75, 3.05) is 6.54 Å². The zero-order valence-corrected chi connectivity index (χ0v) is 9.79. The molecule has 0 amide bonds. The van der Waals surface area contributed by atoms with Crippen LogP contribution < -0.4 is 5.32 Å². The Bertz CT molecular complexity index is 177. The fourth-order valence-corrected chi connectivity index (χ4v) is 3.51. The smallest absolute Gasteiger partial charge is 0.0116 e. The van der Waals surface area contributed by atoms with Gasteiger partial charge in [0.2, 0.25) is 0 Å². The summed E-state index contributed by atoms with van der Waals surface area (Å²) >= 11 is 0. The number of rotatable bonds is 3. The zero-order chi connectivity index (χ0) is 10.1. The number of nitrogens with zero attached hydrogens (tertiary/aromatic N) is 1. The van der Waals surface area contributed by atoms with Gasteiger partial charge in [0, 0.05) is 24.2 Å². The van der Waals surface area contributed by atoms with Crippen molar-refractivity contribution in [1.29, 1.82) is 0 Å². The van der Waals surface area contributed by atoms with E-state index >= 15 is 0 Å². The second-order valence-electron chi connectivity index (χ2n) is 5.15. The van der Waals surface area contributed by atoms with Crippen LogP contribution in [0, 0.1) is 0 Å². The van der Waals surface area contributed by atoms with Crippen LogP contribution in [0.3, 0.4) is 0 Å². The Morgan fingerprint density at radius 2 is 1.79 bits per heavy atom. The van der Waals surface area contributed by atoms with E-state index < -0.39 is 0 Å². The maximum atomic E-state index is 3.62. The van der Waals surface area contributed by atoms with Crippen LogP contribution in [0.2, 0.25) is 0 Å². The van der Waals surface area contributed by atoms with Gasteiger partial charge in [-0.2, -0.15) is 0 Å². The molecule has 2 nitrogen and oxygen atoms in total. The van der Waals surface area contributed by atoms with Gasteiger partial charge in [0.05, 0.1) is 0 Å². The van der Waals surface area contributed by atoms with Crippen molar-refractivity contribution in [3.63, 3.8) is 0 Å². The largest absolute Gasteiger partial charge is 0.314 e. The average Bonchev–Trinajstić information content (AvgIpc) is 2.39. The first-order chi connectivity index (χ1) is 6.72. The molecule has 3 atom stereocenters. The highest BCUT2D eigenvalue weighted by Gasteiger charge is 2.41. The number of piperidine rings is 1. The van der Waals surface area contributed by atoms with Crippen LogP contribution in [0.25, 0.3) is 0 Å². The Labute approximate surface area is 88.1 Å². The Hall–Kier alpha value is -0.0800. The number of hydrogen-bond acceptors (Lipinski definition) is 2. The highest BCUT2D eigenvalue weighted by atomic mass is 15.2. The third-order valence-electron chi connectivity index (χ3n) is 3.88. The summed E-state index contributed by atoms with van der Waals surface area (Å²) in [5, 5.41) is 3.62. The normalized spacial score (nSPS) is 38.1. The van der Waals surface area contributed by atoms with Gasteiger partial charge in [-0.25, -0.2) is 0 Å². The second kappa shape index (κ2) is 4.19. The minimum atomic E-state index is 0.745. The molecular weight excluding hydrogens is 172 g/mol. The highest BCUT2D eigenvalue weighted by molar-refractivity contribution is 4.98. The summed E-state index contributed by atoms with van der Waals surface area (Å²) in [6.45, 7) is 8.04. The molecule has 2 rings (SSSR count). The van der Waals surface area contributed by atoms with Crippen LogP contribution in [0.1, 0.15) is 46.5 Å². The molecule has 0 aromatic carbocycles. The summed E-state index contributed by atoms with van der Waals surface area (Å²) in [4.78, 5) is 2.76. The molecule has 0 aromatic heterocycles. The van der Waals surface area contributed by atoms with Crippen LogP contribution in [0.5, 0.6) is 0 Å². The molecule has 0 unspecified atom stereocenters. The third kappa shape index (κ3) is 1.82. The van der Waals surface area contributed by atoms with Gasteiger partial charge in [-0.1, -0.05) is 6.92 Å². The van der Waals surface area contributed by atoms with Gasteiger partial charge in [0.1, 0.15) is 0 Å². The average molecular weight is 196 g/mol. The Morgan fingerprint density at radius 1 is 1.21 bits per heavy atom. The van der Waals surface area contributed by atoms with E-state index in [1.54, 1.807) is 0 Å². The summed E-state index contributed by atoms with van der Waals surface area (Å²) in [5.74, 6) is 0. The van der Waals surface area contributed by atoms with E-state index in [2.05, 4.69) is 31.0 Å². The van der Waals surface area contributed by atoms with E-state index in [0.29, 0.717) is 0 Å². The SMILES string of the molecule is CCN[C@H]1C[C@H]2CC[C@@H](C1)N2C(C)C. The number of fused-ring (bicyclic) bond motifs is 2. The van der Waals surface area contributed by atoms with Crippen LogP contribution in [0.4, 0.5) is 0 Å². The first kappa shape index (κ1) is 10.4. The molecule has 2 aliphatic heterocycles. The van der Waals surface area contributed by atoms with Gasteiger partial charge >= 0.3 is 0 Å². The molecule has 0 spiro atoms. The minimum Gasteiger partial charge on any atom is -0.314 e. The maximum absolute atomic E-state index is 3.62. The summed E-state index contributed by atoms with van der Waals surface area (Å²) in [5.41, 5.74) is 0. The molecule has 2 fully saturated rings. The van der Waals surface area contributed by atoms with Crippen LogP contribution in [-0.4, -0.2) is 35.6 Å². The molecule has 2 heteroatoms. The molecule has 1 N–H and O–H groups in total. The lowest BCUT2D eigenvalue weighted by molar-refractivity contribution is 0.0855. The van der Waals surface area contributed by atoms with Gasteiger partial charge in [-0.05, 0) is 46.1 Å². The van der Waals surface area contributed by atoms with E-state index in [4.69, 9.17) is 0 Å². The summed E-state index contributed by atoms with van der Waals surface area (Å²) < 4.78 is 0. The Balaban J connectivity index is 1.97. The summed E-state index contributed by atoms with van der Waals surface area (Å²) in [7, 11) is 0. The van der Waals surface area contributed by atoms with E-state index in [0.717, 1.165) is 30.7 Å². The molecule has 0 saturated carbocycles. The highest BCUT2D eigenvalue weighted by Crippen LogP contribution is 2.36. The molecule has 82 valence electrons. The fraction of sp³-hybridized carbons (Fsp3) is 1.00. The van der Waals surface area contributed by atoms with Crippen LogP contribution in [-0.2, 0) is 0 Å². The first-order valence-corrected chi connectivity index (χ1v) is 6.23. The maximum Gasteiger partial charge on any atom is 0.0116 e. The zero-order valence-electron chi connectivity index (χ0n) is 9.79. The molecule has 0 aliphatic carbocycles. The van der Waals surface area contributed by atoms with Crippen molar-refractivity contribution in [3.8, 4) is 0 Å². The van der Waals surface area contributed by atoms with Gasteiger partial charge in [0.15, 0.2) is 0 Å². The second-order valence-corrected chi connectivity index (χ2v) is 5.15. The van der Waals surface area contributed by atoms with Gasteiger partial charge < -0.3 is 5.32 Å². The van der Waals surface area contributed by atoms with E-state index in [1.165, 1.54) is 25.7 Å². The van der Waals surface area contributed by atoms with Crippen molar-refractivity contribution < 1.29 is 0 Å². The lowest BCUT2D eigenvalue weighted by Crippen LogP contribution is -2.51. The van der Waals surface area contributed by atoms with Crippen LogP contribution >= 0.6 is 0 Å². The topological polar surface area (TPSA) is 15.3 Å². The molecule has 14 heavy (non-hydrogen) atoms. The standard InChI is InChI=1S/C12H24N2/c1-4-13-10-7-11-5-6-12(8-10)14(11)9(2)3/h9-13H,4-8H2,1-3H3/t10-,11+,12-. The number of hydrogen-bond donors (Lipinski definition) is 1. The molecular formula is C12H24N2. The Kier molecular flexibility index (Phi) is 3.13. The predicted molar refractivity (Wildman–Crippen MR) is 60.5 cm³/mol. The van der Waals surface area contributed by atoms with Crippen molar-refractivity contribution in [1.82, 2.24) is 10.2 Å². The first-order valence-electron chi connectivity index (χ1n) is 6.23. The third-order valence-corrected chi connectivity index (χ3v) is 3.88. The van der Waals surface area contributed by atoms with Crippen molar-refractivity contribution >= 4 is 0 Å². The lowest BCUT2D eigenvalue weighted by atomic mass is 9.96. The Morgan fingerprint density at radius 3 is 2.21 bits per heavy atom. The summed E-state index contributed by atoms with van der Waals surface area (Å²) in [6, 6.07) is 3.29. The van der Waals surface area contributed by atoms with E-state index in [-0.39, 0.29) is 0 Å². The predicted octanol–water partition coefficient (Wildman–Crippen LogP) is 2.00. The van der Waals surface area contributed by atoms with Crippen molar-refractivity contribution in [3.05, 3.63) is 0 Å². The molecule has 0 radical (unpaired) electrons. The molecule has 2 heterocycles. The van der Waals surface area contributed by atoms with Crippen molar-refractivity contribution in [2.45, 2.75) is 70.6 Å². The van der Waals surface area contributed by atoms with Crippen LogP contribution in [0.15, 0.2) is 0 Å². The minimum absolute atomic E-state index is 0.745. The molecule has 2 aliphatic rings. The fourth-order valence-electron chi connectivity index (χ4n) is 3.51. The van der Waals surface area contributed by atoms with E-state index in [1.807, 2.05) is 0 Å². The molecule has 2 saturated heterocycles. The van der Waals surface area contributed by atoms with Gasteiger partial charge in [0.25, 0.3) is 0 Å². The lowest BCUT2D eigenvalue weighted by Gasteiger charge is -2.41. The molecule has 2 bridgehead atoms. The monoisotopic (exact) mass is 196 g/mol. The quantitative estimate of drug-likeness (QED) is 0.742.